The number of carbonyl (C=O) groups excluding carboxylic acids is 1. The average Bonchev–Trinajstić information content (AvgIpc) is 2.26. The van der Waals surface area contributed by atoms with Crippen LogP contribution in [0.4, 0.5) is 0 Å². The molecule has 98 valence electrons. The van der Waals surface area contributed by atoms with Crippen LogP contribution in [0.25, 0.3) is 0 Å². The lowest BCUT2D eigenvalue weighted by atomic mass is 9.93. The zero-order valence-corrected chi connectivity index (χ0v) is 12.0. The molecule has 2 saturated heterocycles. The molecule has 2 rings (SSSR count). The molecule has 1 amide bonds. The molecule has 0 radical (unpaired) electrons. The van der Waals surface area contributed by atoms with Crippen LogP contribution >= 0.6 is 11.8 Å². The first-order chi connectivity index (χ1) is 7.98. The Bertz CT molecular complexity index is 293. The Hall–Kier alpha value is -0.220. The van der Waals surface area contributed by atoms with Gasteiger partial charge in [0.2, 0.25) is 5.91 Å². The van der Waals surface area contributed by atoms with E-state index in [0.717, 1.165) is 31.8 Å². The molecule has 0 saturated carbocycles. The summed E-state index contributed by atoms with van der Waals surface area (Å²) in [5, 5.41) is 3.38. The Labute approximate surface area is 109 Å². The Balaban J connectivity index is 1.94. The van der Waals surface area contributed by atoms with Gasteiger partial charge in [-0.05, 0) is 39.2 Å². The van der Waals surface area contributed by atoms with Crippen LogP contribution in [-0.2, 0) is 4.79 Å². The number of rotatable bonds is 1. The molecule has 0 aromatic carbocycles. The summed E-state index contributed by atoms with van der Waals surface area (Å²) in [6.07, 6.45) is 2.20. The second kappa shape index (κ2) is 5.19. The van der Waals surface area contributed by atoms with E-state index in [1.807, 2.05) is 11.8 Å². The van der Waals surface area contributed by atoms with Gasteiger partial charge in [-0.1, -0.05) is 6.92 Å². The predicted octanol–water partition coefficient (Wildman–Crippen LogP) is 1.73. The highest BCUT2D eigenvalue weighted by molar-refractivity contribution is 8.00. The topological polar surface area (TPSA) is 32.3 Å². The summed E-state index contributed by atoms with van der Waals surface area (Å²) < 4.78 is 0.216. The second-order valence-corrected chi connectivity index (χ2v) is 7.81. The van der Waals surface area contributed by atoms with Crippen molar-refractivity contribution in [3.63, 3.8) is 0 Å². The number of nitrogens with zero attached hydrogens (tertiary/aromatic N) is 1. The van der Waals surface area contributed by atoms with E-state index in [1.54, 1.807) is 0 Å². The Morgan fingerprint density at radius 3 is 2.88 bits per heavy atom. The molecular weight excluding hydrogens is 232 g/mol. The quantitative estimate of drug-likeness (QED) is 0.775. The van der Waals surface area contributed by atoms with Crippen LogP contribution in [0.3, 0.4) is 0 Å². The Kier molecular flexibility index (Phi) is 4.03. The van der Waals surface area contributed by atoms with Gasteiger partial charge < -0.3 is 10.2 Å². The molecule has 4 heteroatoms. The van der Waals surface area contributed by atoms with Gasteiger partial charge in [-0.25, -0.2) is 0 Å². The summed E-state index contributed by atoms with van der Waals surface area (Å²) in [6, 6.07) is 0.0673. The average molecular weight is 256 g/mol. The largest absolute Gasteiger partial charge is 0.339 e. The predicted molar refractivity (Wildman–Crippen MR) is 73.3 cm³/mol. The third-order valence-electron chi connectivity index (χ3n) is 3.70. The smallest absolute Gasteiger partial charge is 0.239 e. The highest BCUT2D eigenvalue weighted by Crippen LogP contribution is 2.30. The van der Waals surface area contributed by atoms with Crippen molar-refractivity contribution in [3.8, 4) is 0 Å². The summed E-state index contributed by atoms with van der Waals surface area (Å²) in [5.41, 5.74) is 0. The van der Waals surface area contributed by atoms with Crippen molar-refractivity contribution in [2.24, 2.45) is 5.92 Å². The van der Waals surface area contributed by atoms with Gasteiger partial charge in [-0.15, -0.1) is 0 Å². The summed E-state index contributed by atoms with van der Waals surface area (Å²) in [7, 11) is 0. The summed E-state index contributed by atoms with van der Waals surface area (Å²) in [5.74, 6) is 2.07. The van der Waals surface area contributed by atoms with E-state index in [1.165, 1.54) is 6.42 Å². The molecular formula is C13H24N2OS. The first-order valence-corrected chi connectivity index (χ1v) is 7.63. The van der Waals surface area contributed by atoms with Gasteiger partial charge in [0, 0.05) is 23.6 Å². The molecule has 0 aliphatic carbocycles. The van der Waals surface area contributed by atoms with Gasteiger partial charge >= 0.3 is 0 Å². The van der Waals surface area contributed by atoms with Crippen molar-refractivity contribution in [1.82, 2.24) is 10.2 Å². The Morgan fingerprint density at radius 2 is 2.24 bits per heavy atom. The molecule has 0 aromatic heterocycles. The van der Waals surface area contributed by atoms with Crippen molar-refractivity contribution in [2.45, 2.75) is 44.4 Å². The maximum Gasteiger partial charge on any atom is 0.239 e. The van der Waals surface area contributed by atoms with Gasteiger partial charge in [-0.3, -0.25) is 4.79 Å². The molecule has 2 heterocycles. The minimum Gasteiger partial charge on any atom is -0.339 e. The van der Waals surface area contributed by atoms with E-state index in [2.05, 4.69) is 31.0 Å². The zero-order valence-electron chi connectivity index (χ0n) is 11.2. The van der Waals surface area contributed by atoms with Crippen LogP contribution < -0.4 is 5.32 Å². The van der Waals surface area contributed by atoms with Crippen molar-refractivity contribution in [3.05, 3.63) is 0 Å². The van der Waals surface area contributed by atoms with Gasteiger partial charge in [0.25, 0.3) is 0 Å². The first kappa shape index (κ1) is 13.2. The van der Waals surface area contributed by atoms with Crippen LogP contribution in [-0.4, -0.2) is 47.0 Å². The van der Waals surface area contributed by atoms with Gasteiger partial charge in [0.15, 0.2) is 0 Å². The van der Waals surface area contributed by atoms with E-state index in [4.69, 9.17) is 0 Å². The molecule has 0 spiro atoms. The Morgan fingerprint density at radius 1 is 1.47 bits per heavy atom. The van der Waals surface area contributed by atoms with Crippen LogP contribution in [0, 0.1) is 5.92 Å². The number of hydrogen-bond donors (Lipinski definition) is 1. The second-order valence-electron chi connectivity index (χ2n) is 6.00. The van der Waals surface area contributed by atoms with Gasteiger partial charge in [-0.2, -0.15) is 11.8 Å². The summed E-state index contributed by atoms with van der Waals surface area (Å²) in [4.78, 5) is 14.5. The molecule has 3 nitrogen and oxygen atoms in total. The molecule has 2 aliphatic rings. The van der Waals surface area contributed by atoms with Crippen LogP contribution in [0.1, 0.15) is 33.6 Å². The number of thioether (sulfide) groups is 1. The zero-order chi connectivity index (χ0) is 12.5. The maximum absolute atomic E-state index is 12.4. The number of carbonyl (C=O) groups is 1. The fourth-order valence-corrected chi connectivity index (χ4v) is 3.83. The number of piperidine rings is 1. The monoisotopic (exact) mass is 256 g/mol. The van der Waals surface area contributed by atoms with Crippen molar-refractivity contribution >= 4 is 17.7 Å². The standard InChI is InChI=1S/C13H24N2OS/c1-10-4-5-14-11(8-10)12(16)15-6-7-17-13(2,3)9-15/h10-11,14H,4-9H2,1-3H3. The fourth-order valence-electron chi connectivity index (χ4n) is 2.72. The van der Waals surface area contributed by atoms with Crippen LogP contribution in [0.2, 0.25) is 0 Å². The fraction of sp³-hybridized carbons (Fsp3) is 0.923. The molecule has 2 unspecified atom stereocenters. The lowest BCUT2D eigenvalue weighted by Gasteiger charge is -2.40. The molecule has 17 heavy (non-hydrogen) atoms. The molecule has 2 fully saturated rings. The van der Waals surface area contributed by atoms with Crippen LogP contribution in [0.5, 0.6) is 0 Å². The van der Waals surface area contributed by atoms with Gasteiger partial charge in [0.05, 0.1) is 6.04 Å². The van der Waals surface area contributed by atoms with Crippen molar-refractivity contribution in [1.29, 1.82) is 0 Å². The normalized spacial score (nSPS) is 33.5. The molecule has 2 aliphatic heterocycles. The number of nitrogens with one attached hydrogen (secondary N) is 1. The summed E-state index contributed by atoms with van der Waals surface area (Å²) in [6.45, 7) is 9.51. The highest BCUT2D eigenvalue weighted by Gasteiger charge is 2.34. The van der Waals surface area contributed by atoms with E-state index < -0.39 is 0 Å². The SMILES string of the molecule is CC1CCNC(C(=O)N2CCSC(C)(C)C2)C1. The van der Waals surface area contributed by atoms with E-state index >= 15 is 0 Å². The van der Waals surface area contributed by atoms with E-state index in [9.17, 15) is 4.79 Å². The maximum atomic E-state index is 12.4. The van der Waals surface area contributed by atoms with Crippen molar-refractivity contribution in [2.75, 3.05) is 25.4 Å². The molecule has 0 bridgehead atoms. The summed E-state index contributed by atoms with van der Waals surface area (Å²) >= 11 is 1.97. The third kappa shape index (κ3) is 3.38. The minimum atomic E-state index is 0.0673. The molecule has 0 aromatic rings. The first-order valence-electron chi connectivity index (χ1n) is 6.64. The van der Waals surface area contributed by atoms with Gasteiger partial charge in [0.1, 0.15) is 0 Å². The molecule has 2 atom stereocenters. The van der Waals surface area contributed by atoms with E-state index in [0.29, 0.717) is 11.8 Å². The molecule has 1 N–H and O–H groups in total. The highest BCUT2D eigenvalue weighted by atomic mass is 32.2. The minimum absolute atomic E-state index is 0.0673. The lowest BCUT2D eigenvalue weighted by molar-refractivity contribution is -0.134. The van der Waals surface area contributed by atoms with E-state index in [-0.39, 0.29) is 10.8 Å². The number of amides is 1. The third-order valence-corrected chi connectivity index (χ3v) is 5.00. The number of hydrogen-bond acceptors (Lipinski definition) is 3. The van der Waals surface area contributed by atoms with Crippen molar-refractivity contribution < 1.29 is 4.79 Å². The lowest BCUT2D eigenvalue weighted by Crippen LogP contribution is -2.54. The van der Waals surface area contributed by atoms with Crippen LogP contribution in [0.15, 0.2) is 0 Å².